The van der Waals surface area contributed by atoms with E-state index in [1.807, 2.05) is 54.7 Å². The zero-order valence-electron chi connectivity index (χ0n) is 37.1. The quantitative estimate of drug-likeness (QED) is 0.0752. The molecule has 1 fully saturated rings. The van der Waals surface area contributed by atoms with Gasteiger partial charge in [0.1, 0.15) is 49.4 Å². The largest absolute Gasteiger partial charge is 0.488 e. The molecule has 6 aromatic rings. The fourth-order valence-electron chi connectivity index (χ4n) is 8.18. The number of carboxylic acids is 1. The van der Waals surface area contributed by atoms with Crippen molar-refractivity contribution < 1.29 is 34.0 Å². The van der Waals surface area contributed by atoms with Crippen LogP contribution in [-0.4, -0.2) is 69.7 Å². The van der Waals surface area contributed by atoms with Crippen LogP contribution in [0, 0.1) is 19.8 Å². The molecular weight excluding hydrogens is 878 g/mol. The Bertz CT molecular complexity index is 2800. The van der Waals surface area contributed by atoms with Crippen LogP contribution in [0.5, 0.6) is 23.0 Å². The van der Waals surface area contributed by atoms with Crippen molar-refractivity contribution in [3.8, 4) is 34.1 Å². The lowest BCUT2D eigenvalue weighted by molar-refractivity contribution is -0.143. The average Bonchev–Trinajstić information content (AvgIpc) is 4.18. The summed E-state index contributed by atoms with van der Waals surface area (Å²) in [6.07, 6.45) is 10.2. The van der Waals surface area contributed by atoms with Crippen molar-refractivity contribution in [2.75, 3.05) is 26.7 Å². The number of hydrogen-bond donors (Lipinski definition) is 2. The molecule has 66 heavy (non-hydrogen) atoms. The van der Waals surface area contributed by atoms with E-state index in [9.17, 15) is 15.0 Å². The summed E-state index contributed by atoms with van der Waals surface area (Å²) in [4.78, 5) is 31.0. The third kappa shape index (κ3) is 11.4. The number of ether oxygens (including phenoxy) is 4. The van der Waals surface area contributed by atoms with Crippen molar-refractivity contribution in [2.24, 2.45) is 15.9 Å². The maximum atomic E-state index is 11.9. The van der Waals surface area contributed by atoms with Crippen molar-refractivity contribution in [3.63, 3.8) is 0 Å². The summed E-state index contributed by atoms with van der Waals surface area (Å²) in [5.41, 5.74) is 12.2. The Morgan fingerprint density at radius 1 is 0.758 bits per heavy atom. The molecule has 0 unspecified atom stereocenters. The summed E-state index contributed by atoms with van der Waals surface area (Å²) in [7, 11) is 1.71. The van der Waals surface area contributed by atoms with Gasteiger partial charge in [0.15, 0.2) is 0 Å². The van der Waals surface area contributed by atoms with Crippen molar-refractivity contribution in [3.05, 3.63) is 163 Å². The van der Waals surface area contributed by atoms with E-state index in [2.05, 4.69) is 50.8 Å². The van der Waals surface area contributed by atoms with E-state index in [4.69, 9.17) is 42.1 Å². The third-order valence-electron chi connectivity index (χ3n) is 11.9. The van der Waals surface area contributed by atoms with E-state index < -0.39 is 11.9 Å². The normalized spacial score (nSPS) is 14.8. The highest BCUT2D eigenvalue weighted by molar-refractivity contribution is 6.32. The lowest BCUT2D eigenvalue weighted by atomic mass is 9.92. The van der Waals surface area contributed by atoms with Crippen LogP contribution in [0.25, 0.3) is 11.1 Å². The number of benzene rings is 4. The third-order valence-corrected chi connectivity index (χ3v) is 12.5. The first-order valence-corrected chi connectivity index (χ1v) is 22.6. The lowest BCUT2D eigenvalue weighted by Gasteiger charge is -2.31. The van der Waals surface area contributed by atoms with Crippen LogP contribution in [0.2, 0.25) is 10.0 Å². The first kappa shape index (κ1) is 46.2. The fourth-order valence-corrected chi connectivity index (χ4v) is 8.66. The molecule has 1 saturated heterocycles. The number of nitrogens with zero attached hydrogens (tertiary/aromatic N) is 5. The number of pyridine rings is 2. The Labute approximate surface area is 394 Å². The Morgan fingerprint density at radius 2 is 1.33 bits per heavy atom. The van der Waals surface area contributed by atoms with E-state index in [1.165, 1.54) is 0 Å². The molecule has 14 heteroatoms. The van der Waals surface area contributed by atoms with Gasteiger partial charge in [-0.25, -0.2) is 0 Å². The molecule has 0 bridgehead atoms. The number of halogens is 2. The molecule has 0 amide bonds. The van der Waals surface area contributed by atoms with Gasteiger partial charge in [-0.15, -0.1) is 0 Å². The molecule has 12 nitrogen and oxygen atoms in total. The molecule has 4 aromatic carbocycles. The first-order valence-electron chi connectivity index (χ1n) is 21.8. The topological polar surface area (TPSA) is 148 Å². The zero-order chi connectivity index (χ0) is 46.2. The van der Waals surface area contributed by atoms with Gasteiger partial charge < -0.3 is 29.2 Å². The Kier molecular flexibility index (Phi) is 14.9. The molecule has 4 heterocycles. The first-order chi connectivity index (χ1) is 32.1. The molecule has 340 valence electrons. The van der Waals surface area contributed by atoms with Crippen LogP contribution >= 0.6 is 23.2 Å². The maximum absolute atomic E-state index is 11.9. The predicted molar refractivity (Wildman–Crippen MR) is 257 cm³/mol. The van der Waals surface area contributed by atoms with Gasteiger partial charge in [0.05, 0.1) is 34.8 Å². The van der Waals surface area contributed by atoms with E-state index in [1.54, 1.807) is 44.0 Å². The maximum Gasteiger partial charge on any atom is 0.307 e. The Morgan fingerprint density at radius 3 is 1.92 bits per heavy atom. The molecule has 2 aliphatic heterocycles. The number of aliphatic hydroxyl groups excluding tert-OH is 1. The van der Waals surface area contributed by atoms with Gasteiger partial charge in [-0.3, -0.25) is 29.6 Å². The van der Waals surface area contributed by atoms with Crippen LogP contribution in [0.1, 0.15) is 68.5 Å². The highest BCUT2D eigenvalue weighted by atomic mass is 35.5. The predicted octanol–water partition coefficient (Wildman–Crippen LogP) is 10.0. The molecule has 2 N–H and O–H groups in total. The Hall–Kier alpha value is -6.31. The number of aliphatic carboxylic acids is 1. The molecule has 0 aliphatic carbocycles. The highest BCUT2D eigenvalue weighted by Crippen LogP contribution is 2.38. The second-order valence-electron chi connectivity index (χ2n) is 16.5. The van der Waals surface area contributed by atoms with Gasteiger partial charge in [-0.1, -0.05) is 59.6 Å². The van der Waals surface area contributed by atoms with Crippen molar-refractivity contribution in [1.82, 2.24) is 14.9 Å². The van der Waals surface area contributed by atoms with E-state index in [0.29, 0.717) is 58.1 Å². The number of aromatic nitrogens is 2. The summed E-state index contributed by atoms with van der Waals surface area (Å²) in [5.74, 6) is 0.793. The summed E-state index contributed by atoms with van der Waals surface area (Å²) < 4.78 is 25.4. The van der Waals surface area contributed by atoms with E-state index in [-0.39, 0.29) is 33.0 Å². The second-order valence-corrected chi connectivity index (χ2v) is 17.4. The van der Waals surface area contributed by atoms with E-state index >= 15 is 0 Å². The van der Waals surface area contributed by atoms with Crippen LogP contribution in [0.4, 0.5) is 0 Å². The summed E-state index contributed by atoms with van der Waals surface area (Å²) in [6, 6.07) is 23.4. The van der Waals surface area contributed by atoms with Gasteiger partial charge in [-0.2, -0.15) is 0 Å². The minimum atomic E-state index is -0.773. The van der Waals surface area contributed by atoms with Crippen LogP contribution in [-0.2, 0) is 44.4 Å². The number of aliphatic imine (C=N–C) groups is 2. The van der Waals surface area contributed by atoms with Crippen molar-refractivity contribution in [1.29, 1.82) is 0 Å². The number of piperidine rings is 1. The van der Waals surface area contributed by atoms with Gasteiger partial charge in [0.2, 0.25) is 0 Å². The zero-order valence-corrected chi connectivity index (χ0v) is 38.6. The molecule has 0 saturated carbocycles. The number of aliphatic hydroxyl groups is 1. The van der Waals surface area contributed by atoms with Crippen LogP contribution < -0.4 is 18.9 Å². The molecule has 2 aromatic heterocycles. The van der Waals surface area contributed by atoms with Crippen LogP contribution in [0.15, 0.2) is 108 Å². The van der Waals surface area contributed by atoms with Gasteiger partial charge in [-0.05, 0) is 90.9 Å². The number of carbonyl (C=O) groups is 1. The average molecular weight is 929 g/mol. The van der Waals surface area contributed by atoms with Crippen molar-refractivity contribution >= 4 is 41.1 Å². The van der Waals surface area contributed by atoms with Crippen molar-refractivity contribution in [2.45, 2.75) is 66.3 Å². The highest BCUT2D eigenvalue weighted by Gasteiger charge is 2.27. The smallest absolute Gasteiger partial charge is 0.307 e. The number of carboxylic acid groups (broad SMARTS) is 1. The molecular formula is C52H51Cl2N5O7. The molecule has 2 aliphatic rings. The van der Waals surface area contributed by atoms with Crippen LogP contribution in [0.3, 0.4) is 0 Å². The summed E-state index contributed by atoms with van der Waals surface area (Å²) in [5, 5.41) is 20.6. The lowest BCUT2D eigenvalue weighted by Crippen LogP contribution is -2.38. The standard InChI is InChI=1S/C52H51Cl2N5O7/c1-32-38(30-65-50-17-48(63-29-36-14-40(23-57-22-36)47-24-58-47)41(15-45(50)53)26-59-12-6-9-37(25-59)52(61)62)7-4-10-43(32)44-11-5-8-39(33(44)2)31-66-51-18-49(42(27-60)16-46(51)54)64-28-35-13-34(19-55-3)20-56-21-35/h4-5,7-8,10-11,13-23,37,60H,6,9,12,24-31H2,1-3H3,(H,61,62)/t37-/m0/s1. The van der Waals surface area contributed by atoms with E-state index in [0.717, 1.165) is 86.4 Å². The number of likely N-dealkylation sites (tertiary alicyclic amines) is 1. The summed E-state index contributed by atoms with van der Waals surface area (Å²) >= 11 is 13.6. The molecule has 0 radical (unpaired) electrons. The summed E-state index contributed by atoms with van der Waals surface area (Å²) in [6.45, 7) is 7.36. The SMILES string of the molecule is CN=Cc1cncc(COc2cc(OCc3cccc(-c4cccc(COc5cc(OCc6cncc(C7=NC7)c6)c(CN6CCC[C@H](C(=O)O)C6)cc5Cl)c4C)c3C)c(Cl)cc2CO)c1. The van der Waals surface area contributed by atoms with Gasteiger partial charge >= 0.3 is 5.97 Å². The second kappa shape index (κ2) is 21.3. The molecule has 0 spiro atoms. The Balaban J connectivity index is 0.976. The monoisotopic (exact) mass is 927 g/mol. The van der Waals surface area contributed by atoms with Gasteiger partial charge in [0.25, 0.3) is 0 Å². The fraction of sp³-hybridized carbons (Fsp3) is 0.288. The molecule has 8 rings (SSSR count). The van der Waals surface area contributed by atoms with Gasteiger partial charge in [0, 0.05) is 96.7 Å². The minimum Gasteiger partial charge on any atom is -0.488 e. The minimum absolute atomic E-state index is 0.230. The number of rotatable bonds is 19. The number of hydrogen-bond acceptors (Lipinski definition) is 11. The molecule has 1 atom stereocenters.